The number of ether oxygens (including phenoxy) is 1. The fourth-order valence-electron chi connectivity index (χ4n) is 1.36. The van der Waals surface area contributed by atoms with Crippen LogP contribution in [0.4, 0.5) is 0 Å². The maximum atomic E-state index is 9.76. The van der Waals surface area contributed by atoms with E-state index in [4.69, 9.17) is 16.3 Å². The van der Waals surface area contributed by atoms with Crippen molar-refractivity contribution in [3.05, 3.63) is 45.9 Å². The second-order valence-corrected chi connectivity index (χ2v) is 4.97. The second-order valence-electron chi connectivity index (χ2n) is 3.55. The summed E-state index contributed by atoms with van der Waals surface area (Å²) in [4.78, 5) is 4.11. The van der Waals surface area contributed by atoms with Gasteiger partial charge in [-0.25, -0.2) is 4.98 Å². The molecule has 1 atom stereocenters. The van der Waals surface area contributed by atoms with E-state index in [1.807, 2.05) is 17.5 Å². The van der Waals surface area contributed by atoms with E-state index in [0.717, 1.165) is 5.01 Å². The van der Waals surface area contributed by atoms with E-state index in [0.29, 0.717) is 17.2 Å². The molecule has 0 radical (unpaired) electrons. The van der Waals surface area contributed by atoms with E-state index >= 15 is 0 Å². The zero-order chi connectivity index (χ0) is 12.1. The lowest BCUT2D eigenvalue weighted by Gasteiger charge is -2.11. The van der Waals surface area contributed by atoms with Crippen LogP contribution in [0.25, 0.3) is 0 Å². The zero-order valence-electron chi connectivity index (χ0n) is 9.04. The largest absolute Gasteiger partial charge is 0.491 e. The van der Waals surface area contributed by atoms with Crippen molar-refractivity contribution in [2.24, 2.45) is 0 Å². The van der Waals surface area contributed by atoms with Crippen molar-refractivity contribution in [3.63, 3.8) is 0 Å². The first-order valence-electron chi connectivity index (χ1n) is 5.19. The van der Waals surface area contributed by atoms with Crippen LogP contribution in [0.1, 0.15) is 5.01 Å². The van der Waals surface area contributed by atoms with Crippen molar-refractivity contribution >= 4 is 22.9 Å². The van der Waals surface area contributed by atoms with Crippen molar-refractivity contribution in [1.82, 2.24) is 4.98 Å². The molecule has 0 saturated heterocycles. The molecule has 1 aromatic carbocycles. The minimum Gasteiger partial charge on any atom is -0.491 e. The molecule has 17 heavy (non-hydrogen) atoms. The number of halogens is 1. The molecule has 90 valence electrons. The number of hydrogen-bond acceptors (Lipinski definition) is 4. The summed E-state index contributed by atoms with van der Waals surface area (Å²) in [7, 11) is 0. The van der Waals surface area contributed by atoms with Crippen LogP contribution < -0.4 is 4.74 Å². The van der Waals surface area contributed by atoms with Gasteiger partial charge in [0.2, 0.25) is 0 Å². The molecule has 0 aliphatic carbocycles. The predicted octanol–water partition coefficient (Wildman–Crippen LogP) is 2.78. The Labute approximate surface area is 109 Å². The molecule has 1 aromatic heterocycles. The van der Waals surface area contributed by atoms with Crippen LogP contribution in [-0.4, -0.2) is 22.8 Å². The SMILES string of the molecule is OC(COc1cccc(Cl)c1)Cc1nccs1. The highest BCUT2D eigenvalue weighted by molar-refractivity contribution is 7.09. The fourth-order valence-corrected chi connectivity index (χ4v) is 2.23. The second kappa shape index (κ2) is 6.00. The molecule has 2 rings (SSSR count). The molecule has 3 nitrogen and oxygen atoms in total. The molecule has 0 amide bonds. The molecule has 1 unspecified atom stereocenters. The van der Waals surface area contributed by atoms with Gasteiger partial charge in [-0.15, -0.1) is 11.3 Å². The Kier molecular flexibility index (Phi) is 4.36. The first-order valence-corrected chi connectivity index (χ1v) is 6.44. The standard InChI is InChI=1S/C12H12ClNO2S/c13-9-2-1-3-11(6-9)16-8-10(15)7-12-14-4-5-17-12/h1-6,10,15H,7-8H2. The number of aromatic nitrogens is 1. The van der Waals surface area contributed by atoms with Gasteiger partial charge in [-0.1, -0.05) is 17.7 Å². The van der Waals surface area contributed by atoms with Gasteiger partial charge in [-0.05, 0) is 18.2 Å². The van der Waals surface area contributed by atoms with Crippen molar-refractivity contribution in [2.45, 2.75) is 12.5 Å². The summed E-state index contributed by atoms with van der Waals surface area (Å²) in [5, 5.41) is 13.2. The molecule has 2 aromatic rings. The summed E-state index contributed by atoms with van der Waals surface area (Å²) in [6.45, 7) is 0.236. The molecule has 0 spiro atoms. The number of nitrogens with zero attached hydrogens (tertiary/aromatic N) is 1. The van der Waals surface area contributed by atoms with Crippen LogP contribution in [0, 0.1) is 0 Å². The van der Waals surface area contributed by atoms with Crippen LogP contribution >= 0.6 is 22.9 Å². The van der Waals surface area contributed by atoms with Gasteiger partial charge in [0.05, 0.1) is 11.1 Å². The minimum absolute atomic E-state index is 0.236. The van der Waals surface area contributed by atoms with Gasteiger partial charge in [0, 0.05) is 23.0 Å². The quantitative estimate of drug-likeness (QED) is 0.908. The fraction of sp³-hybridized carbons (Fsp3) is 0.250. The molecular weight excluding hydrogens is 258 g/mol. The maximum Gasteiger partial charge on any atom is 0.120 e. The summed E-state index contributed by atoms with van der Waals surface area (Å²) in [6, 6.07) is 7.12. The lowest BCUT2D eigenvalue weighted by atomic mass is 10.3. The number of hydrogen-bond donors (Lipinski definition) is 1. The number of thiazole rings is 1. The average molecular weight is 270 g/mol. The zero-order valence-corrected chi connectivity index (χ0v) is 10.6. The Morgan fingerprint density at radius 2 is 2.35 bits per heavy atom. The average Bonchev–Trinajstić information content (AvgIpc) is 2.79. The molecule has 0 aliphatic rings. The van der Waals surface area contributed by atoms with Crippen molar-refractivity contribution in [2.75, 3.05) is 6.61 Å². The number of aliphatic hydroxyl groups excluding tert-OH is 1. The third-order valence-electron chi connectivity index (χ3n) is 2.13. The van der Waals surface area contributed by atoms with E-state index in [-0.39, 0.29) is 6.61 Å². The molecule has 1 heterocycles. The van der Waals surface area contributed by atoms with Crippen LogP contribution in [0.2, 0.25) is 5.02 Å². The summed E-state index contributed by atoms with van der Waals surface area (Å²) in [6.07, 6.45) is 1.68. The normalized spacial score (nSPS) is 12.4. The number of aliphatic hydroxyl groups is 1. The van der Waals surface area contributed by atoms with Crippen LogP contribution in [0.5, 0.6) is 5.75 Å². The minimum atomic E-state index is -0.555. The predicted molar refractivity (Wildman–Crippen MR) is 68.8 cm³/mol. The molecule has 0 aliphatic heterocycles. The van der Waals surface area contributed by atoms with Gasteiger partial charge in [-0.2, -0.15) is 0 Å². The number of benzene rings is 1. The van der Waals surface area contributed by atoms with Gasteiger partial charge in [-0.3, -0.25) is 0 Å². The monoisotopic (exact) mass is 269 g/mol. The van der Waals surface area contributed by atoms with Crippen molar-refractivity contribution in [3.8, 4) is 5.75 Å². The highest BCUT2D eigenvalue weighted by atomic mass is 35.5. The van der Waals surface area contributed by atoms with E-state index in [1.54, 1.807) is 18.3 Å². The molecule has 0 saturated carbocycles. The van der Waals surface area contributed by atoms with E-state index in [9.17, 15) is 5.11 Å². The van der Waals surface area contributed by atoms with Crippen molar-refractivity contribution < 1.29 is 9.84 Å². The molecule has 0 fully saturated rings. The first kappa shape index (κ1) is 12.4. The molecular formula is C12H12ClNO2S. The molecule has 0 bridgehead atoms. The van der Waals surface area contributed by atoms with E-state index in [2.05, 4.69) is 4.98 Å². The van der Waals surface area contributed by atoms with Gasteiger partial charge in [0.25, 0.3) is 0 Å². The van der Waals surface area contributed by atoms with Gasteiger partial charge in [0.15, 0.2) is 0 Å². The summed E-state index contributed by atoms with van der Waals surface area (Å²) >= 11 is 7.35. The lowest BCUT2D eigenvalue weighted by Crippen LogP contribution is -2.20. The summed E-state index contributed by atoms with van der Waals surface area (Å²) < 4.78 is 5.44. The Morgan fingerprint density at radius 1 is 1.47 bits per heavy atom. The Morgan fingerprint density at radius 3 is 3.06 bits per heavy atom. The Bertz CT molecular complexity index is 461. The van der Waals surface area contributed by atoms with Gasteiger partial charge in [0.1, 0.15) is 12.4 Å². The number of rotatable bonds is 5. The topological polar surface area (TPSA) is 42.4 Å². The van der Waals surface area contributed by atoms with E-state index < -0.39 is 6.10 Å². The third kappa shape index (κ3) is 4.00. The van der Waals surface area contributed by atoms with E-state index in [1.165, 1.54) is 11.3 Å². The maximum absolute atomic E-state index is 9.76. The van der Waals surface area contributed by atoms with Crippen LogP contribution in [-0.2, 0) is 6.42 Å². The van der Waals surface area contributed by atoms with Crippen LogP contribution in [0.3, 0.4) is 0 Å². The smallest absolute Gasteiger partial charge is 0.120 e. The van der Waals surface area contributed by atoms with Gasteiger partial charge >= 0.3 is 0 Å². The molecule has 5 heteroatoms. The Balaban J connectivity index is 1.82. The highest BCUT2D eigenvalue weighted by Gasteiger charge is 2.08. The summed E-state index contributed by atoms with van der Waals surface area (Å²) in [5.74, 6) is 0.663. The first-order chi connectivity index (χ1) is 8.24. The lowest BCUT2D eigenvalue weighted by molar-refractivity contribution is 0.107. The molecule has 1 N–H and O–H groups in total. The third-order valence-corrected chi connectivity index (χ3v) is 3.17. The Hall–Kier alpha value is -1.10. The summed E-state index contributed by atoms with van der Waals surface area (Å²) in [5.41, 5.74) is 0. The van der Waals surface area contributed by atoms with Crippen molar-refractivity contribution in [1.29, 1.82) is 0 Å². The van der Waals surface area contributed by atoms with Crippen LogP contribution in [0.15, 0.2) is 35.8 Å². The highest BCUT2D eigenvalue weighted by Crippen LogP contribution is 2.17. The van der Waals surface area contributed by atoms with Gasteiger partial charge < -0.3 is 9.84 Å².